The zero-order chi connectivity index (χ0) is 22.1. The largest absolute Gasteiger partial charge is 0.272 e. The van der Waals surface area contributed by atoms with Gasteiger partial charge >= 0.3 is 0 Å². The summed E-state index contributed by atoms with van der Waals surface area (Å²) >= 11 is 3.33. The Morgan fingerprint density at radius 1 is 0.968 bits per heavy atom. The summed E-state index contributed by atoms with van der Waals surface area (Å²) in [6.45, 7) is -0.0750. The lowest BCUT2D eigenvalue weighted by molar-refractivity contribution is -0.121. The molecule has 1 amide bonds. The second-order valence-electron chi connectivity index (χ2n) is 7.66. The maximum atomic E-state index is 13.2. The van der Waals surface area contributed by atoms with E-state index in [1.807, 2.05) is 30.3 Å². The van der Waals surface area contributed by atoms with Crippen molar-refractivity contribution in [2.24, 2.45) is 5.10 Å². The van der Waals surface area contributed by atoms with Gasteiger partial charge in [-0.25, -0.2) is 13.8 Å². The minimum absolute atomic E-state index is 0.159. The molecule has 0 heterocycles. The molecule has 1 N–H and O–H groups in total. The van der Waals surface area contributed by atoms with Gasteiger partial charge in [0.1, 0.15) is 0 Å². The number of hydrazone groups is 1. The van der Waals surface area contributed by atoms with Crippen LogP contribution in [0.4, 0.5) is 0 Å². The fraction of sp³-hybridized carbons (Fsp3) is 0.391. The highest BCUT2D eigenvalue weighted by molar-refractivity contribution is 9.10. The second kappa shape index (κ2) is 11.5. The molecule has 2 aromatic carbocycles. The topological polar surface area (TPSA) is 78.8 Å². The van der Waals surface area contributed by atoms with E-state index >= 15 is 0 Å². The van der Waals surface area contributed by atoms with E-state index in [0.29, 0.717) is 6.42 Å². The summed E-state index contributed by atoms with van der Waals surface area (Å²) in [5.74, 6) is -0.425. The molecule has 0 radical (unpaired) electrons. The maximum absolute atomic E-state index is 13.2. The van der Waals surface area contributed by atoms with Crippen LogP contribution < -0.4 is 5.43 Å². The second-order valence-corrected chi connectivity index (χ2v) is 10.5. The van der Waals surface area contributed by atoms with Crippen LogP contribution in [0.15, 0.2) is 69.1 Å². The van der Waals surface area contributed by atoms with Crippen molar-refractivity contribution in [1.82, 2.24) is 9.73 Å². The van der Waals surface area contributed by atoms with Crippen LogP contribution >= 0.6 is 15.9 Å². The van der Waals surface area contributed by atoms with Crippen molar-refractivity contribution < 1.29 is 13.2 Å². The Labute approximate surface area is 192 Å². The molecule has 8 heteroatoms. The van der Waals surface area contributed by atoms with Crippen molar-refractivity contribution >= 4 is 37.6 Å². The van der Waals surface area contributed by atoms with Crippen LogP contribution in [0.1, 0.15) is 44.1 Å². The van der Waals surface area contributed by atoms with E-state index in [9.17, 15) is 13.2 Å². The third-order valence-corrected chi connectivity index (χ3v) is 7.67. The molecule has 3 rings (SSSR count). The van der Waals surface area contributed by atoms with Crippen LogP contribution in [0.2, 0.25) is 0 Å². The number of amides is 1. The SMILES string of the molecule is O=C(CN(CCc1ccccc1)S(=O)(=O)c1ccc(Br)cc1)NN=C1CCCCCC1. The summed E-state index contributed by atoms with van der Waals surface area (Å²) in [5.41, 5.74) is 4.57. The van der Waals surface area contributed by atoms with Crippen LogP contribution in [0.25, 0.3) is 0 Å². The van der Waals surface area contributed by atoms with Crippen molar-refractivity contribution in [3.8, 4) is 0 Å². The van der Waals surface area contributed by atoms with E-state index in [2.05, 4.69) is 26.5 Å². The molecule has 0 aliphatic heterocycles. The highest BCUT2D eigenvalue weighted by Crippen LogP contribution is 2.19. The van der Waals surface area contributed by atoms with Gasteiger partial charge in [0.2, 0.25) is 10.0 Å². The number of rotatable bonds is 8. The van der Waals surface area contributed by atoms with Crippen molar-refractivity contribution in [2.45, 2.75) is 49.8 Å². The monoisotopic (exact) mass is 505 g/mol. The lowest BCUT2D eigenvalue weighted by Gasteiger charge is -2.21. The van der Waals surface area contributed by atoms with Gasteiger partial charge < -0.3 is 0 Å². The molecule has 31 heavy (non-hydrogen) atoms. The summed E-state index contributed by atoms with van der Waals surface area (Å²) in [4.78, 5) is 12.8. The van der Waals surface area contributed by atoms with E-state index in [-0.39, 0.29) is 18.0 Å². The summed E-state index contributed by atoms with van der Waals surface area (Å²) in [7, 11) is -3.83. The fourth-order valence-corrected chi connectivity index (χ4v) is 5.19. The Morgan fingerprint density at radius 3 is 2.26 bits per heavy atom. The third-order valence-electron chi connectivity index (χ3n) is 5.28. The molecule has 1 aliphatic carbocycles. The number of benzene rings is 2. The first kappa shape index (κ1) is 23.6. The number of carbonyl (C=O) groups excluding carboxylic acids is 1. The van der Waals surface area contributed by atoms with Crippen LogP contribution in [-0.4, -0.2) is 37.4 Å². The number of sulfonamides is 1. The summed E-state index contributed by atoms with van der Waals surface area (Å²) in [6, 6.07) is 16.1. The molecule has 0 spiro atoms. The van der Waals surface area contributed by atoms with Crippen LogP contribution in [0, 0.1) is 0 Å². The van der Waals surface area contributed by atoms with Gasteiger partial charge in [0.15, 0.2) is 0 Å². The van der Waals surface area contributed by atoms with Gasteiger partial charge in [-0.05, 0) is 61.9 Å². The lowest BCUT2D eigenvalue weighted by atomic mass is 10.1. The number of nitrogens with one attached hydrogen (secondary N) is 1. The van der Waals surface area contributed by atoms with E-state index in [4.69, 9.17) is 0 Å². The first-order chi connectivity index (χ1) is 14.9. The maximum Gasteiger partial charge on any atom is 0.255 e. The molecular weight excluding hydrogens is 478 g/mol. The molecule has 2 aromatic rings. The summed E-state index contributed by atoms with van der Waals surface area (Å²) in [6.07, 6.45) is 6.81. The zero-order valence-corrected chi connectivity index (χ0v) is 19.9. The average molecular weight is 506 g/mol. The number of nitrogens with zero attached hydrogens (tertiary/aromatic N) is 2. The van der Waals surface area contributed by atoms with E-state index in [0.717, 1.165) is 41.4 Å². The van der Waals surface area contributed by atoms with Gasteiger partial charge in [-0.15, -0.1) is 0 Å². The number of halogens is 1. The Bertz CT molecular complexity index is 982. The van der Waals surface area contributed by atoms with Crippen molar-refractivity contribution in [3.05, 3.63) is 64.6 Å². The van der Waals surface area contributed by atoms with Gasteiger partial charge in [0.25, 0.3) is 5.91 Å². The van der Waals surface area contributed by atoms with Crippen molar-refractivity contribution in [3.63, 3.8) is 0 Å². The Kier molecular flexibility index (Phi) is 8.80. The molecule has 6 nitrogen and oxygen atoms in total. The predicted molar refractivity (Wildman–Crippen MR) is 126 cm³/mol. The lowest BCUT2D eigenvalue weighted by Crippen LogP contribution is -2.40. The van der Waals surface area contributed by atoms with Gasteiger partial charge in [-0.2, -0.15) is 9.41 Å². The van der Waals surface area contributed by atoms with E-state index in [1.54, 1.807) is 24.3 Å². The summed E-state index contributed by atoms with van der Waals surface area (Å²) < 4.78 is 28.5. The van der Waals surface area contributed by atoms with Gasteiger partial charge in [-0.3, -0.25) is 4.79 Å². The van der Waals surface area contributed by atoms with Crippen LogP contribution in [0.3, 0.4) is 0 Å². The zero-order valence-electron chi connectivity index (χ0n) is 17.5. The molecule has 0 saturated heterocycles. The van der Waals surface area contributed by atoms with Crippen molar-refractivity contribution in [2.75, 3.05) is 13.1 Å². The third kappa shape index (κ3) is 7.26. The Balaban J connectivity index is 1.73. The van der Waals surface area contributed by atoms with Crippen molar-refractivity contribution in [1.29, 1.82) is 0 Å². The molecule has 1 fully saturated rings. The molecule has 0 unspecified atom stereocenters. The Morgan fingerprint density at radius 2 is 1.61 bits per heavy atom. The standard InChI is InChI=1S/C23H28BrN3O3S/c24-20-12-14-22(15-13-20)31(29,30)27(17-16-19-8-4-3-5-9-19)18-23(28)26-25-21-10-6-1-2-7-11-21/h3-5,8-9,12-15H,1-2,6-7,10-11,16-18H2,(H,26,28). The average Bonchev–Trinajstić information content (AvgIpc) is 3.05. The first-order valence-electron chi connectivity index (χ1n) is 10.6. The molecule has 166 valence electrons. The fourth-order valence-electron chi connectivity index (χ4n) is 3.52. The smallest absolute Gasteiger partial charge is 0.255 e. The quantitative estimate of drug-likeness (QED) is 0.423. The predicted octanol–water partition coefficient (Wildman–Crippen LogP) is 4.51. The summed E-state index contributed by atoms with van der Waals surface area (Å²) in [5, 5.41) is 4.27. The van der Waals surface area contributed by atoms with Gasteiger partial charge in [0, 0.05) is 16.7 Å². The van der Waals surface area contributed by atoms with Gasteiger partial charge in [0.05, 0.1) is 11.4 Å². The molecular formula is C23H28BrN3O3S. The number of hydrogen-bond donors (Lipinski definition) is 1. The molecule has 0 aromatic heterocycles. The van der Waals surface area contributed by atoms with E-state index < -0.39 is 15.9 Å². The molecule has 0 bridgehead atoms. The minimum Gasteiger partial charge on any atom is -0.272 e. The first-order valence-corrected chi connectivity index (χ1v) is 12.8. The molecule has 0 atom stereocenters. The normalized spacial score (nSPS) is 14.8. The van der Waals surface area contributed by atoms with E-state index in [1.165, 1.54) is 17.1 Å². The molecule has 1 aliphatic rings. The number of carbonyl (C=O) groups is 1. The molecule has 1 saturated carbocycles. The highest BCUT2D eigenvalue weighted by atomic mass is 79.9. The van der Waals surface area contributed by atoms with Crippen LogP contribution in [-0.2, 0) is 21.2 Å². The number of hydrogen-bond acceptors (Lipinski definition) is 4. The highest BCUT2D eigenvalue weighted by Gasteiger charge is 2.26. The Hall–Kier alpha value is -2.03. The minimum atomic E-state index is -3.83. The van der Waals surface area contributed by atoms with Crippen LogP contribution in [0.5, 0.6) is 0 Å². The van der Waals surface area contributed by atoms with Gasteiger partial charge in [-0.1, -0.05) is 59.1 Å².